The summed E-state index contributed by atoms with van der Waals surface area (Å²) in [6.45, 7) is 1.95. The van der Waals surface area contributed by atoms with E-state index in [1.165, 1.54) is 11.0 Å². The van der Waals surface area contributed by atoms with Crippen LogP contribution in [0.5, 0.6) is 0 Å². The van der Waals surface area contributed by atoms with E-state index in [9.17, 15) is 4.79 Å². The fourth-order valence-electron chi connectivity index (χ4n) is 2.44. The number of hydrogen-bond donors (Lipinski definition) is 1. The number of aryl methyl sites for hydroxylation is 1. The maximum Gasteiger partial charge on any atom is 0.249 e. The first-order valence-corrected chi connectivity index (χ1v) is 8.26. The Morgan fingerprint density at radius 1 is 1.25 bits per heavy atom. The van der Waals surface area contributed by atoms with Crippen molar-refractivity contribution in [1.29, 1.82) is 0 Å². The molecule has 1 atom stereocenters. The van der Waals surface area contributed by atoms with Crippen LogP contribution in [0.25, 0.3) is 0 Å². The van der Waals surface area contributed by atoms with Crippen molar-refractivity contribution in [3.05, 3.63) is 70.5 Å². The van der Waals surface area contributed by atoms with Gasteiger partial charge in [-0.1, -0.05) is 46.3 Å². The Bertz CT molecular complexity index is 820. The first-order chi connectivity index (χ1) is 11.6. The number of nitrogens with one attached hydrogen (secondary N) is 1. The predicted molar refractivity (Wildman–Crippen MR) is 94.5 cm³/mol. The van der Waals surface area contributed by atoms with Crippen molar-refractivity contribution in [2.24, 2.45) is 0 Å². The Morgan fingerprint density at radius 2 is 2.04 bits per heavy atom. The van der Waals surface area contributed by atoms with E-state index >= 15 is 0 Å². The molecule has 2 aromatic carbocycles. The van der Waals surface area contributed by atoms with Gasteiger partial charge in [0.2, 0.25) is 5.91 Å². The Kier molecular flexibility index (Phi) is 5.00. The van der Waals surface area contributed by atoms with Gasteiger partial charge in [-0.2, -0.15) is 0 Å². The summed E-state index contributed by atoms with van der Waals surface area (Å²) < 4.78 is 2.45. The molecule has 3 aromatic rings. The average Bonchev–Trinajstić information content (AvgIpc) is 3.10. The maximum atomic E-state index is 12.8. The highest BCUT2D eigenvalue weighted by atomic mass is 79.9. The Morgan fingerprint density at radius 3 is 2.71 bits per heavy atom. The zero-order chi connectivity index (χ0) is 16.9. The van der Waals surface area contributed by atoms with Crippen molar-refractivity contribution in [2.75, 3.05) is 5.32 Å². The highest BCUT2D eigenvalue weighted by Gasteiger charge is 2.22. The van der Waals surface area contributed by atoms with Crippen LogP contribution in [-0.4, -0.2) is 26.1 Å². The summed E-state index contributed by atoms with van der Waals surface area (Å²) in [5.41, 5.74) is 2.79. The van der Waals surface area contributed by atoms with Gasteiger partial charge in [0.25, 0.3) is 0 Å². The van der Waals surface area contributed by atoms with Gasteiger partial charge in [-0.3, -0.25) is 4.79 Å². The lowest BCUT2D eigenvalue weighted by molar-refractivity contribution is -0.119. The van der Waals surface area contributed by atoms with Crippen molar-refractivity contribution in [3.8, 4) is 0 Å². The normalized spacial score (nSPS) is 11.9. The molecule has 0 fully saturated rings. The van der Waals surface area contributed by atoms with E-state index < -0.39 is 6.04 Å². The second-order valence-electron chi connectivity index (χ2n) is 5.44. The zero-order valence-electron chi connectivity index (χ0n) is 13.1. The highest BCUT2D eigenvalue weighted by Crippen LogP contribution is 2.22. The first-order valence-electron chi connectivity index (χ1n) is 7.47. The third-order valence-corrected chi connectivity index (χ3v) is 4.20. The molecule has 24 heavy (non-hydrogen) atoms. The van der Waals surface area contributed by atoms with Gasteiger partial charge in [0.05, 0.1) is 0 Å². The van der Waals surface area contributed by atoms with E-state index in [1.54, 1.807) is 0 Å². The second-order valence-corrected chi connectivity index (χ2v) is 6.36. The van der Waals surface area contributed by atoms with Crippen molar-refractivity contribution >= 4 is 27.5 Å². The van der Waals surface area contributed by atoms with Gasteiger partial charge in [-0.25, -0.2) is 4.68 Å². The molecular formula is C17H16BrN5O. The Balaban J connectivity index is 1.83. The number of carbonyl (C=O) groups is 1. The molecule has 0 aliphatic carbocycles. The summed E-state index contributed by atoms with van der Waals surface area (Å²) in [5.74, 6) is -0.156. The average molecular weight is 386 g/mol. The van der Waals surface area contributed by atoms with Crippen LogP contribution in [0.15, 0.2) is 59.3 Å². The molecule has 7 heteroatoms. The van der Waals surface area contributed by atoms with Crippen LogP contribution in [0, 0.1) is 6.92 Å². The molecule has 1 heterocycles. The number of rotatable bonds is 5. The van der Waals surface area contributed by atoms with Crippen LogP contribution in [0.1, 0.15) is 17.2 Å². The lowest BCUT2D eigenvalue weighted by atomic mass is 10.1. The van der Waals surface area contributed by atoms with Crippen LogP contribution in [0.2, 0.25) is 0 Å². The van der Waals surface area contributed by atoms with Crippen molar-refractivity contribution in [2.45, 2.75) is 19.4 Å². The van der Waals surface area contributed by atoms with E-state index in [0.717, 1.165) is 21.3 Å². The van der Waals surface area contributed by atoms with E-state index in [1.807, 2.05) is 55.5 Å². The minimum absolute atomic E-state index is 0.156. The van der Waals surface area contributed by atoms with E-state index in [-0.39, 0.29) is 5.91 Å². The second kappa shape index (κ2) is 7.35. The molecule has 0 radical (unpaired) electrons. The molecule has 6 nitrogen and oxygen atoms in total. The van der Waals surface area contributed by atoms with Crippen LogP contribution in [0.4, 0.5) is 5.69 Å². The number of halogens is 1. The molecule has 0 bridgehead atoms. The van der Waals surface area contributed by atoms with Gasteiger partial charge >= 0.3 is 0 Å². The molecule has 0 aliphatic heterocycles. The summed E-state index contributed by atoms with van der Waals surface area (Å²) in [4.78, 5) is 12.8. The van der Waals surface area contributed by atoms with Crippen molar-refractivity contribution in [3.63, 3.8) is 0 Å². The molecule has 0 saturated carbocycles. The number of hydrogen-bond acceptors (Lipinski definition) is 4. The topological polar surface area (TPSA) is 72.7 Å². The monoisotopic (exact) mass is 385 g/mol. The largest absolute Gasteiger partial charge is 0.324 e. The maximum absolute atomic E-state index is 12.8. The Labute approximate surface area is 148 Å². The predicted octanol–water partition coefficient (Wildman–Crippen LogP) is 3.17. The fourth-order valence-corrected chi connectivity index (χ4v) is 2.91. The van der Waals surface area contributed by atoms with E-state index in [0.29, 0.717) is 6.42 Å². The summed E-state index contributed by atoms with van der Waals surface area (Å²) in [7, 11) is 0. The van der Waals surface area contributed by atoms with Crippen molar-refractivity contribution in [1.82, 2.24) is 20.2 Å². The highest BCUT2D eigenvalue weighted by molar-refractivity contribution is 9.10. The Hall–Kier alpha value is -2.54. The van der Waals surface area contributed by atoms with Gasteiger partial charge < -0.3 is 5.32 Å². The number of amides is 1. The van der Waals surface area contributed by atoms with E-state index in [2.05, 4.69) is 36.8 Å². The lowest BCUT2D eigenvalue weighted by Crippen LogP contribution is -2.28. The lowest BCUT2D eigenvalue weighted by Gasteiger charge is -2.17. The quantitative estimate of drug-likeness (QED) is 0.731. The van der Waals surface area contributed by atoms with Gasteiger partial charge in [-0.15, -0.1) is 5.10 Å². The smallest absolute Gasteiger partial charge is 0.249 e. The molecule has 1 unspecified atom stereocenters. The molecule has 0 saturated heterocycles. The van der Waals surface area contributed by atoms with Crippen LogP contribution in [-0.2, 0) is 11.2 Å². The number of tetrazole rings is 1. The van der Waals surface area contributed by atoms with E-state index in [4.69, 9.17) is 0 Å². The molecule has 1 amide bonds. The molecule has 1 aromatic heterocycles. The molecule has 0 aliphatic rings. The van der Waals surface area contributed by atoms with Crippen LogP contribution >= 0.6 is 15.9 Å². The van der Waals surface area contributed by atoms with Gasteiger partial charge in [-0.05, 0) is 46.7 Å². The molecule has 1 N–H and O–H groups in total. The third kappa shape index (κ3) is 3.86. The summed E-state index contributed by atoms with van der Waals surface area (Å²) in [6.07, 6.45) is 1.97. The molecular weight excluding hydrogens is 370 g/mol. The van der Waals surface area contributed by atoms with Gasteiger partial charge in [0.15, 0.2) is 0 Å². The SMILES string of the molecule is Cc1cc(Br)ccc1NC(=O)C(Cc1ccccc1)n1cnnn1. The van der Waals surface area contributed by atoms with Crippen LogP contribution < -0.4 is 5.32 Å². The minimum Gasteiger partial charge on any atom is -0.324 e. The summed E-state index contributed by atoms with van der Waals surface area (Å²) in [6, 6.07) is 15.0. The number of aromatic nitrogens is 4. The van der Waals surface area contributed by atoms with Crippen molar-refractivity contribution < 1.29 is 4.79 Å². The zero-order valence-corrected chi connectivity index (χ0v) is 14.6. The standard InChI is InChI=1S/C17H16BrN5O/c1-12-9-14(18)7-8-15(12)20-17(24)16(23-11-19-21-22-23)10-13-5-3-2-4-6-13/h2-9,11,16H,10H2,1H3,(H,20,24). The number of benzene rings is 2. The number of anilines is 1. The molecule has 3 rings (SSSR count). The molecule has 122 valence electrons. The third-order valence-electron chi connectivity index (χ3n) is 3.71. The minimum atomic E-state index is -0.523. The summed E-state index contributed by atoms with van der Waals surface area (Å²) in [5, 5.41) is 14.2. The van der Waals surface area contributed by atoms with Gasteiger partial charge in [0.1, 0.15) is 12.4 Å². The number of nitrogens with zero attached hydrogens (tertiary/aromatic N) is 4. The number of carbonyl (C=O) groups excluding carboxylic acids is 1. The van der Waals surface area contributed by atoms with Crippen LogP contribution in [0.3, 0.4) is 0 Å². The van der Waals surface area contributed by atoms with Gasteiger partial charge in [0, 0.05) is 16.6 Å². The summed E-state index contributed by atoms with van der Waals surface area (Å²) >= 11 is 3.42. The fraction of sp³-hybridized carbons (Fsp3) is 0.176. The first kappa shape index (κ1) is 16.3. The molecule has 0 spiro atoms.